The Kier molecular flexibility index (Phi) is 4.69. The second-order valence-electron chi connectivity index (χ2n) is 4.86. The number of carbonyl (C=O) groups is 1. The molecule has 0 aromatic rings. The SMILES string of the molecule is CCC(C)S(=O)(=O)NC(=O)C1CCC(F)(F)CC1. The molecule has 18 heavy (non-hydrogen) atoms. The van der Waals surface area contributed by atoms with Crippen LogP contribution in [0.5, 0.6) is 0 Å². The fourth-order valence-corrected chi connectivity index (χ4v) is 2.93. The van der Waals surface area contributed by atoms with Crippen LogP contribution in [0.2, 0.25) is 0 Å². The molecule has 1 N–H and O–H groups in total. The van der Waals surface area contributed by atoms with Gasteiger partial charge >= 0.3 is 0 Å². The summed E-state index contributed by atoms with van der Waals surface area (Å²) in [5.41, 5.74) is 0. The van der Waals surface area contributed by atoms with E-state index in [1.54, 1.807) is 6.92 Å². The number of alkyl halides is 2. The first-order valence-electron chi connectivity index (χ1n) is 6.11. The van der Waals surface area contributed by atoms with Crippen molar-refractivity contribution in [3.8, 4) is 0 Å². The van der Waals surface area contributed by atoms with Crippen LogP contribution in [-0.4, -0.2) is 25.5 Å². The first kappa shape index (κ1) is 15.3. The lowest BCUT2D eigenvalue weighted by molar-refractivity contribution is -0.127. The van der Waals surface area contributed by atoms with E-state index in [4.69, 9.17) is 0 Å². The highest BCUT2D eigenvalue weighted by atomic mass is 32.2. The molecule has 1 aliphatic rings. The quantitative estimate of drug-likeness (QED) is 0.859. The molecular weight excluding hydrogens is 264 g/mol. The van der Waals surface area contributed by atoms with E-state index in [0.29, 0.717) is 6.42 Å². The third kappa shape index (κ3) is 3.90. The molecule has 0 aromatic heterocycles. The van der Waals surface area contributed by atoms with Crippen LogP contribution in [0.15, 0.2) is 0 Å². The molecule has 0 heterocycles. The van der Waals surface area contributed by atoms with Crippen LogP contribution in [0.4, 0.5) is 8.78 Å². The van der Waals surface area contributed by atoms with Crippen molar-refractivity contribution in [1.29, 1.82) is 0 Å². The molecule has 1 unspecified atom stereocenters. The molecule has 0 aliphatic heterocycles. The van der Waals surface area contributed by atoms with E-state index in [1.165, 1.54) is 6.92 Å². The van der Waals surface area contributed by atoms with Crippen molar-refractivity contribution in [3.05, 3.63) is 0 Å². The normalized spacial score (nSPS) is 22.4. The number of hydrogen-bond donors (Lipinski definition) is 1. The van der Waals surface area contributed by atoms with Gasteiger partial charge in [0, 0.05) is 18.8 Å². The molecule has 1 aliphatic carbocycles. The minimum atomic E-state index is -3.67. The van der Waals surface area contributed by atoms with Gasteiger partial charge in [-0.1, -0.05) is 6.92 Å². The standard InChI is InChI=1S/C11H19F2NO3S/c1-3-8(2)18(16,17)14-10(15)9-4-6-11(12,13)7-5-9/h8-9H,3-7H2,1-2H3,(H,14,15). The minimum absolute atomic E-state index is 0.0366. The predicted octanol–water partition coefficient (Wildman–Crippen LogP) is 2.06. The average molecular weight is 283 g/mol. The number of hydrogen-bond acceptors (Lipinski definition) is 3. The molecule has 1 rings (SSSR count). The maximum absolute atomic E-state index is 12.9. The molecule has 7 heteroatoms. The second kappa shape index (κ2) is 5.50. The Labute approximate surface area is 106 Å². The van der Waals surface area contributed by atoms with Crippen molar-refractivity contribution < 1.29 is 22.0 Å². The number of rotatable bonds is 4. The molecule has 106 valence electrons. The van der Waals surface area contributed by atoms with Crippen LogP contribution in [0, 0.1) is 5.92 Å². The molecule has 1 amide bonds. The highest BCUT2D eigenvalue weighted by Gasteiger charge is 2.38. The van der Waals surface area contributed by atoms with Crippen LogP contribution < -0.4 is 4.72 Å². The van der Waals surface area contributed by atoms with Gasteiger partial charge in [0.2, 0.25) is 21.9 Å². The lowest BCUT2D eigenvalue weighted by Crippen LogP contribution is -2.42. The summed E-state index contributed by atoms with van der Waals surface area (Å²) in [6.07, 6.45) is -0.238. The fraction of sp³-hybridized carbons (Fsp3) is 0.909. The number of sulfonamides is 1. The summed E-state index contributed by atoms with van der Waals surface area (Å²) >= 11 is 0. The van der Waals surface area contributed by atoms with Gasteiger partial charge in [-0.3, -0.25) is 9.52 Å². The number of nitrogens with one attached hydrogen (secondary N) is 1. The van der Waals surface area contributed by atoms with E-state index in [2.05, 4.69) is 0 Å². The maximum Gasteiger partial charge on any atom is 0.248 e. The maximum atomic E-state index is 12.9. The molecule has 0 spiro atoms. The highest BCUT2D eigenvalue weighted by Crippen LogP contribution is 2.36. The summed E-state index contributed by atoms with van der Waals surface area (Å²) in [5.74, 6) is -3.99. The van der Waals surface area contributed by atoms with E-state index in [9.17, 15) is 22.0 Å². The third-order valence-corrected chi connectivity index (χ3v) is 5.31. The van der Waals surface area contributed by atoms with E-state index >= 15 is 0 Å². The van der Waals surface area contributed by atoms with E-state index in [-0.39, 0.29) is 25.7 Å². The van der Waals surface area contributed by atoms with Crippen molar-refractivity contribution in [2.24, 2.45) is 5.92 Å². The van der Waals surface area contributed by atoms with E-state index < -0.39 is 33.0 Å². The smallest absolute Gasteiger partial charge is 0.248 e. The summed E-state index contributed by atoms with van der Waals surface area (Å²) in [6.45, 7) is 3.21. The van der Waals surface area contributed by atoms with Gasteiger partial charge in [-0.25, -0.2) is 17.2 Å². The number of halogens is 2. The molecule has 0 radical (unpaired) electrons. The van der Waals surface area contributed by atoms with Crippen molar-refractivity contribution in [1.82, 2.24) is 4.72 Å². The summed E-state index contributed by atoms with van der Waals surface area (Å²) < 4.78 is 51.1. The topological polar surface area (TPSA) is 63.2 Å². The van der Waals surface area contributed by atoms with Crippen molar-refractivity contribution >= 4 is 15.9 Å². The van der Waals surface area contributed by atoms with Crippen LogP contribution in [-0.2, 0) is 14.8 Å². The minimum Gasteiger partial charge on any atom is -0.274 e. The molecule has 4 nitrogen and oxygen atoms in total. The van der Waals surface area contributed by atoms with Crippen LogP contribution in [0.3, 0.4) is 0 Å². The van der Waals surface area contributed by atoms with E-state index in [0.717, 1.165) is 0 Å². The molecule has 0 bridgehead atoms. The molecule has 1 atom stereocenters. The first-order chi connectivity index (χ1) is 8.18. The first-order valence-corrected chi connectivity index (χ1v) is 7.66. The monoisotopic (exact) mass is 283 g/mol. The summed E-state index contributed by atoms with van der Waals surface area (Å²) in [5, 5.41) is -0.661. The molecular formula is C11H19F2NO3S. The zero-order chi connectivity index (χ0) is 14.0. The summed E-state index contributed by atoms with van der Waals surface area (Å²) in [4.78, 5) is 11.7. The molecule has 0 aromatic carbocycles. The van der Waals surface area contributed by atoms with Gasteiger partial charge in [-0.15, -0.1) is 0 Å². The second-order valence-corrected chi connectivity index (χ2v) is 6.96. The van der Waals surface area contributed by atoms with Gasteiger partial charge in [0.15, 0.2) is 0 Å². The van der Waals surface area contributed by atoms with Gasteiger partial charge in [0.25, 0.3) is 0 Å². The third-order valence-electron chi connectivity index (χ3n) is 3.44. The molecule has 0 saturated heterocycles. The zero-order valence-electron chi connectivity index (χ0n) is 10.6. The van der Waals surface area contributed by atoms with Crippen molar-refractivity contribution in [2.45, 2.75) is 57.1 Å². The highest BCUT2D eigenvalue weighted by molar-refractivity contribution is 7.90. The van der Waals surface area contributed by atoms with Gasteiger partial charge in [-0.2, -0.15) is 0 Å². The summed E-state index contributed by atoms with van der Waals surface area (Å²) in [7, 11) is -3.67. The Morgan fingerprint density at radius 2 is 1.89 bits per heavy atom. The Hall–Kier alpha value is -0.720. The van der Waals surface area contributed by atoms with Gasteiger partial charge in [0.1, 0.15) is 0 Å². The van der Waals surface area contributed by atoms with Crippen molar-refractivity contribution in [3.63, 3.8) is 0 Å². The number of carbonyl (C=O) groups excluding carboxylic acids is 1. The fourth-order valence-electron chi connectivity index (χ4n) is 1.85. The zero-order valence-corrected chi connectivity index (χ0v) is 11.4. The number of amides is 1. The van der Waals surface area contributed by atoms with Crippen LogP contribution >= 0.6 is 0 Å². The molecule has 1 fully saturated rings. The van der Waals surface area contributed by atoms with Gasteiger partial charge in [0.05, 0.1) is 5.25 Å². The predicted molar refractivity (Wildman–Crippen MR) is 63.7 cm³/mol. The largest absolute Gasteiger partial charge is 0.274 e. The summed E-state index contributed by atoms with van der Waals surface area (Å²) in [6, 6.07) is 0. The van der Waals surface area contributed by atoms with Gasteiger partial charge in [-0.05, 0) is 26.2 Å². The van der Waals surface area contributed by atoms with Crippen LogP contribution in [0.25, 0.3) is 0 Å². The van der Waals surface area contributed by atoms with E-state index in [1.807, 2.05) is 4.72 Å². The molecule has 1 saturated carbocycles. The lowest BCUT2D eigenvalue weighted by Gasteiger charge is -2.27. The van der Waals surface area contributed by atoms with Crippen LogP contribution in [0.1, 0.15) is 46.0 Å². The Morgan fingerprint density at radius 3 is 2.33 bits per heavy atom. The average Bonchev–Trinajstić information content (AvgIpc) is 2.26. The lowest BCUT2D eigenvalue weighted by atomic mass is 9.86. The Balaban J connectivity index is 2.58. The Morgan fingerprint density at radius 1 is 1.39 bits per heavy atom. The van der Waals surface area contributed by atoms with Crippen molar-refractivity contribution in [2.75, 3.05) is 0 Å². The Bertz CT molecular complexity index is 399. The van der Waals surface area contributed by atoms with Gasteiger partial charge < -0.3 is 0 Å².